The Kier molecular flexibility index (Phi) is 6.13. The third-order valence-corrected chi connectivity index (χ3v) is 6.33. The highest BCUT2D eigenvalue weighted by molar-refractivity contribution is 5.85. The molecule has 0 amide bonds. The Morgan fingerprint density at radius 1 is 0.939 bits per heavy atom. The summed E-state index contributed by atoms with van der Waals surface area (Å²) in [5, 5.41) is 0. The van der Waals surface area contributed by atoms with Crippen LogP contribution in [0.1, 0.15) is 31.4 Å². The van der Waals surface area contributed by atoms with Crippen molar-refractivity contribution in [1.82, 2.24) is 24.3 Å². The van der Waals surface area contributed by atoms with Crippen LogP contribution >= 0.6 is 0 Å². The summed E-state index contributed by atoms with van der Waals surface area (Å²) in [5.41, 5.74) is 6.31. The summed E-state index contributed by atoms with van der Waals surface area (Å²) < 4.78 is 8.08. The van der Waals surface area contributed by atoms with E-state index >= 15 is 0 Å². The van der Waals surface area contributed by atoms with Gasteiger partial charge in [0.2, 0.25) is 11.8 Å². The van der Waals surface area contributed by atoms with Gasteiger partial charge in [-0.05, 0) is 70.5 Å². The van der Waals surface area contributed by atoms with E-state index in [9.17, 15) is 0 Å². The molecule has 1 saturated heterocycles. The van der Waals surface area contributed by atoms with Crippen LogP contribution in [0.5, 0.6) is 5.88 Å². The first kappa shape index (κ1) is 21.6. The number of nitrogens with zero attached hydrogens (tertiary/aromatic N) is 6. The maximum atomic E-state index is 5.80. The summed E-state index contributed by atoms with van der Waals surface area (Å²) in [6.45, 7) is 5.86. The first-order valence-corrected chi connectivity index (χ1v) is 11.9. The summed E-state index contributed by atoms with van der Waals surface area (Å²) >= 11 is 0. The molecule has 0 unspecified atom stereocenters. The van der Waals surface area contributed by atoms with Crippen LogP contribution in [-0.4, -0.2) is 64.6 Å². The number of fused-ring (bicyclic) bond motifs is 3. The van der Waals surface area contributed by atoms with E-state index in [2.05, 4.69) is 64.5 Å². The van der Waals surface area contributed by atoms with E-state index in [4.69, 9.17) is 14.7 Å². The molecule has 0 saturated carbocycles. The van der Waals surface area contributed by atoms with Crippen molar-refractivity contribution in [3.63, 3.8) is 0 Å². The maximum absolute atomic E-state index is 5.80. The van der Waals surface area contributed by atoms with Gasteiger partial charge in [-0.1, -0.05) is 6.07 Å². The molecule has 5 rings (SSSR count). The topological polar surface area (TPSA) is 58.8 Å². The second-order valence-electron chi connectivity index (χ2n) is 9.12. The Morgan fingerprint density at radius 3 is 2.52 bits per heavy atom. The van der Waals surface area contributed by atoms with Crippen molar-refractivity contribution >= 4 is 22.5 Å². The fraction of sp³-hybridized carbons (Fsp3) is 0.423. The van der Waals surface area contributed by atoms with Crippen LogP contribution < -0.4 is 9.64 Å². The number of hydrogen-bond donors (Lipinski definition) is 0. The average Bonchev–Trinajstić information content (AvgIpc) is 3.19. The zero-order valence-corrected chi connectivity index (χ0v) is 19.8. The monoisotopic (exact) mass is 444 g/mol. The van der Waals surface area contributed by atoms with E-state index in [1.54, 1.807) is 0 Å². The van der Waals surface area contributed by atoms with Crippen molar-refractivity contribution in [1.29, 1.82) is 0 Å². The molecule has 7 heteroatoms. The van der Waals surface area contributed by atoms with E-state index in [-0.39, 0.29) is 0 Å². The zero-order valence-electron chi connectivity index (χ0n) is 19.8. The van der Waals surface area contributed by atoms with Crippen molar-refractivity contribution in [2.45, 2.75) is 32.6 Å². The molecule has 4 aromatic rings. The number of ether oxygens (including phenoxy) is 1. The van der Waals surface area contributed by atoms with Crippen LogP contribution in [0.4, 0.5) is 5.95 Å². The van der Waals surface area contributed by atoms with E-state index in [0.717, 1.165) is 65.4 Å². The Labute approximate surface area is 195 Å². The van der Waals surface area contributed by atoms with Gasteiger partial charge in [0.1, 0.15) is 0 Å². The lowest BCUT2D eigenvalue weighted by atomic mass is 10.1. The molecule has 1 aliphatic heterocycles. The lowest BCUT2D eigenvalue weighted by Crippen LogP contribution is -2.31. The molecule has 0 N–H and O–H groups in total. The quantitative estimate of drug-likeness (QED) is 0.389. The summed E-state index contributed by atoms with van der Waals surface area (Å²) in [5.74, 6) is 1.70. The lowest BCUT2D eigenvalue weighted by Gasteiger charge is -2.27. The van der Waals surface area contributed by atoms with Crippen molar-refractivity contribution in [2.24, 2.45) is 0 Å². The second kappa shape index (κ2) is 9.35. The Hall–Kier alpha value is -3.19. The molecule has 0 bridgehead atoms. The zero-order chi connectivity index (χ0) is 22.8. The van der Waals surface area contributed by atoms with E-state index in [1.807, 2.05) is 18.5 Å². The SMILES string of the molecule is Cc1nc(N2CCCCC2)n2c1cnc1ccc(-c3ccc(OCCCN(C)C)nc3)cc12. The van der Waals surface area contributed by atoms with Gasteiger partial charge in [-0.3, -0.25) is 9.38 Å². The van der Waals surface area contributed by atoms with Gasteiger partial charge in [0.25, 0.3) is 0 Å². The molecule has 0 radical (unpaired) electrons. The molecule has 0 atom stereocenters. The molecule has 4 heterocycles. The molecule has 1 aromatic carbocycles. The normalized spacial score (nSPS) is 14.5. The molecular formula is C26H32N6O. The molecule has 3 aromatic heterocycles. The standard InChI is InChI=1S/C26H32N6O/c1-19-24-18-27-22-10-8-20(21-9-11-25(28-17-21)33-15-7-12-30(2)3)16-23(22)32(24)26(29-19)31-13-5-4-6-14-31/h8-11,16-18H,4-7,12-15H2,1-3H3. The van der Waals surface area contributed by atoms with Gasteiger partial charge >= 0.3 is 0 Å². The number of pyridine rings is 1. The Morgan fingerprint density at radius 2 is 1.76 bits per heavy atom. The number of anilines is 1. The summed E-state index contributed by atoms with van der Waals surface area (Å²) in [6, 6.07) is 10.4. The van der Waals surface area contributed by atoms with Crippen molar-refractivity contribution in [3.05, 3.63) is 48.4 Å². The molecule has 33 heavy (non-hydrogen) atoms. The van der Waals surface area contributed by atoms with Crippen LogP contribution in [0.2, 0.25) is 0 Å². The smallest absolute Gasteiger partial charge is 0.213 e. The molecule has 172 valence electrons. The van der Waals surface area contributed by atoms with E-state index < -0.39 is 0 Å². The van der Waals surface area contributed by atoms with Gasteiger partial charge in [0.15, 0.2) is 0 Å². The fourth-order valence-corrected chi connectivity index (χ4v) is 4.54. The van der Waals surface area contributed by atoms with Gasteiger partial charge in [-0.2, -0.15) is 0 Å². The summed E-state index contributed by atoms with van der Waals surface area (Å²) in [7, 11) is 4.14. The third kappa shape index (κ3) is 4.50. The fourth-order valence-electron chi connectivity index (χ4n) is 4.54. The van der Waals surface area contributed by atoms with Gasteiger partial charge in [-0.25, -0.2) is 9.97 Å². The summed E-state index contributed by atoms with van der Waals surface area (Å²) in [6.07, 6.45) is 8.55. The largest absolute Gasteiger partial charge is 0.478 e. The Bertz CT molecular complexity index is 1240. The van der Waals surface area contributed by atoms with Crippen molar-refractivity contribution in [3.8, 4) is 17.0 Å². The number of rotatable bonds is 7. The number of benzene rings is 1. The average molecular weight is 445 g/mol. The van der Waals surface area contributed by atoms with Gasteiger partial charge < -0.3 is 14.5 Å². The van der Waals surface area contributed by atoms with E-state index in [0.29, 0.717) is 12.5 Å². The molecule has 0 aliphatic carbocycles. The number of piperidine rings is 1. The van der Waals surface area contributed by atoms with Gasteiger partial charge in [0, 0.05) is 37.5 Å². The van der Waals surface area contributed by atoms with E-state index in [1.165, 1.54) is 19.3 Å². The minimum Gasteiger partial charge on any atom is -0.478 e. The molecule has 7 nitrogen and oxygen atoms in total. The minimum atomic E-state index is 0.667. The first-order chi connectivity index (χ1) is 16.1. The summed E-state index contributed by atoms with van der Waals surface area (Å²) in [4.78, 5) is 18.8. The maximum Gasteiger partial charge on any atom is 0.213 e. The number of aryl methyl sites for hydroxylation is 1. The number of imidazole rings is 1. The number of aromatic nitrogens is 4. The van der Waals surface area contributed by atoms with Crippen LogP contribution in [0.15, 0.2) is 42.7 Å². The predicted molar refractivity (Wildman–Crippen MR) is 133 cm³/mol. The molecule has 1 fully saturated rings. The van der Waals surface area contributed by atoms with Crippen LogP contribution in [0.25, 0.3) is 27.7 Å². The molecule has 0 spiro atoms. The van der Waals surface area contributed by atoms with Crippen LogP contribution in [-0.2, 0) is 0 Å². The van der Waals surface area contributed by atoms with Gasteiger partial charge in [0.05, 0.1) is 35.0 Å². The minimum absolute atomic E-state index is 0.667. The number of hydrogen-bond acceptors (Lipinski definition) is 6. The first-order valence-electron chi connectivity index (χ1n) is 11.9. The predicted octanol–water partition coefficient (Wildman–Crippen LogP) is 4.57. The van der Waals surface area contributed by atoms with Crippen LogP contribution in [0, 0.1) is 6.92 Å². The van der Waals surface area contributed by atoms with Crippen molar-refractivity contribution < 1.29 is 4.74 Å². The van der Waals surface area contributed by atoms with Crippen molar-refractivity contribution in [2.75, 3.05) is 45.2 Å². The second-order valence-corrected chi connectivity index (χ2v) is 9.12. The molecular weight excluding hydrogens is 412 g/mol. The third-order valence-electron chi connectivity index (χ3n) is 6.33. The highest BCUT2D eigenvalue weighted by Gasteiger charge is 2.19. The Balaban J connectivity index is 1.46. The van der Waals surface area contributed by atoms with Crippen LogP contribution in [0.3, 0.4) is 0 Å². The highest BCUT2D eigenvalue weighted by atomic mass is 16.5. The highest BCUT2D eigenvalue weighted by Crippen LogP contribution is 2.30. The van der Waals surface area contributed by atoms with Gasteiger partial charge in [-0.15, -0.1) is 0 Å². The lowest BCUT2D eigenvalue weighted by molar-refractivity contribution is 0.273. The molecule has 1 aliphatic rings.